The first-order chi connectivity index (χ1) is 11.1. The van der Waals surface area contributed by atoms with E-state index in [9.17, 15) is 14.7 Å². The van der Waals surface area contributed by atoms with Gasteiger partial charge < -0.3 is 10.2 Å². The van der Waals surface area contributed by atoms with E-state index in [0.29, 0.717) is 11.4 Å². The highest BCUT2D eigenvalue weighted by atomic mass is 16.4. The smallest absolute Gasteiger partial charge is 0.354 e. The molecular weight excluding hydrogens is 300 g/mol. The molecule has 0 radical (unpaired) electrons. The highest BCUT2D eigenvalue weighted by molar-refractivity contribution is 5.92. The number of anilines is 2. The van der Waals surface area contributed by atoms with Crippen molar-refractivity contribution >= 4 is 23.3 Å². The maximum absolute atomic E-state index is 11.5. The third-order valence-corrected chi connectivity index (χ3v) is 2.77. The van der Waals surface area contributed by atoms with Gasteiger partial charge in [0.2, 0.25) is 0 Å². The lowest BCUT2D eigenvalue weighted by Crippen LogP contribution is -2.33. The van der Waals surface area contributed by atoms with Crippen LogP contribution in [0, 0.1) is 0 Å². The zero-order valence-electron chi connectivity index (χ0n) is 12.0. The maximum Gasteiger partial charge on any atom is 0.354 e. The van der Waals surface area contributed by atoms with Crippen LogP contribution in [-0.2, 0) is 9.59 Å². The van der Waals surface area contributed by atoms with Gasteiger partial charge in [-0.1, -0.05) is 0 Å². The second-order valence-corrected chi connectivity index (χ2v) is 4.38. The fourth-order valence-corrected chi connectivity index (χ4v) is 1.77. The molecule has 0 aliphatic carbocycles. The summed E-state index contributed by atoms with van der Waals surface area (Å²) in [6.07, 6.45) is 6.82. The van der Waals surface area contributed by atoms with Gasteiger partial charge in [-0.05, 0) is 30.3 Å². The molecule has 0 atom stereocenters. The number of hydrogen-bond acceptors (Lipinski definition) is 6. The summed E-state index contributed by atoms with van der Waals surface area (Å²) in [4.78, 5) is 30.1. The molecule has 0 aliphatic heterocycles. The Labute approximate surface area is 131 Å². The standard InChI is InChI=1S/C15H14N4O4/c20-14(21)2-1-13(15(22)23)19(12-5-9-17-10-6-12)18-11-3-7-16-8-4-11/h1,3-10H,2H2,(H,16,18)(H,20,21)(H,22,23)/b13-1-. The first-order valence-electron chi connectivity index (χ1n) is 6.60. The predicted molar refractivity (Wildman–Crippen MR) is 82.5 cm³/mol. The molecular formula is C15H14N4O4. The van der Waals surface area contributed by atoms with Gasteiger partial charge >= 0.3 is 11.9 Å². The Kier molecular flexibility index (Phi) is 5.24. The summed E-state index contributed by atoms with van der Waals surface area (Å²) in [5.74, 6) is -2.38. The molecule has 2 aromatic rings. The SMILES string of the molecule is O=C(O)C/C=C(/C(=O)O)N(Nc1ccncc1)c1ccncc1. The quantitative estimate of drug-likeness (QED) is 0.523. The molecule has 118 valence electrons. The maximum atomic E-state index is 11.5. The van der Waals surface area contributed by atoms with Gasteiger partial charge in [0.25, 0.3) is 0 Å². The molecule has 0 saturated carbocycles. The Balaban J connectivity index is 2.40. The minimum absolute atomic E-state index is 0.213. The van der Waals surface area contributed by atoms with Gasteiger partial charge in [0.1, 0.15) is 5.70 Å². The molecule has 0 unspecified atom stereocenters. The minimum atomic E-state index is -1.26. The van der Waals surface area contributed by atoms with Gasteiger partial charge in [-0.2, -0.15) is 0 Å². The Morgan fingerprint density at radius 2 is 1.61 bits per heavy atom. The third kappa shape index (κ3) is 4.53. The number of hydrazine groups is 1. The number of aliphatic carboxylic acids is 2. The number of carbonyl (C=O) groups is 2. The zero-order chi connectivity index (χ0) is 16.7. The number of nitrogens with zero attached hydrogens (tertiary/aromatic N) is 3. The van der Waals surface area contributed by atoms with E-state index >= 15 is 0 Å². The van der Waals surface area contributed by atoms with E-state index in [4.69, 9.17) is 5.11 Å². The van der Waals surface area contributed by atoms with Crippen LogP contribution in [0.1, 0.15) is 6.42 Å². The molecule has 8 heteroatoms. The summed E-state index contributed by atoms with van der Waals surface area (Å²) in [6, 6.07) is 6.52. The Hall–Kier alpha value is -3.42. The van der Waals surface area contributed by atoms with Crippen molar-refractivity contribution in [2.24, 2.45) is 0 Å². The van der Waals surface area contributed by atoms with Crippen LogP contribution in [0.3, 0.4) is 0 Å². The molecule has 8 nitrogen and oxygen atoms in total. The molecule has 2 rings (SSSR count). The highest BCUT2D eigenvalue weighted by Crippen LogP contribution is 2.20. The first-order valence-corrected chi connectivity index (χ1v) is 6.60. The van der Waals surface area contributed by atoms with Crippen LogP contribution in [0.5, 0.6) is 0 Å². The van der Waals surface area contributed by atoms with Crippen LogP contribution in [-0.4, -0.2) is 32.1 Å². The van der Waals surface area contributed by atoms with Crippen molar-refractivity contribution in [1.82, 2.24) is 9.97 Å². The van der Waals surface area contributed by atoms with Crippen molar-refractivity contribution in [2.45, 2.75) is 6.42 Å². The fraction of sp³-hybridized carbons (Fsp3) is 0.0667. The van der Waals surface area contributed by atoms with Gasteiger partial charge in [-0.25, -0.2) is 9.80 Å². The van der Waals surface area contributed by atoms with E-state index in [1.165, 1.54) is 17.4 Å². The second-order valence-electron chi connectivity index (χ2n) is 4.38. The molecule has 0 bridgehead atoms. The van der Waals surface area contributed by atoms with Crippen LogP contribution in [0.4, 0.5) is 11.4 Å². The van der Waals surface area contributed by atoms with E-state index in [1.54, 1.807) is 36.7 Å². The molecule has 0 spiro atoms. The van der Waals surface area contributed by atoms with Crippen molar-refractivity contribution in [3.8, 4) is 0 Å². The molecule has 2 aromatic heterocycles. The molecule has 2 heterocycles. The molecule has 3 N–H and O–H groups in total. The first kappa shape index (κ1) is 16.0. The lowest BCUT2D eigenvalue weighted by molar-refractivity contribution is -0.136. The van der Waals surface area contributed by atoms with Gasteiger partial charge in [0.05, 0.1) is 17.8 Å². The van der Waals surface area contributed by atoms with E-state index in [0.717, 1.165) is 6.08 Å². The summed E-state index contributed by atoms with van der Waals surface area (Å²) in [5.41, 5.74) is 3.80. The number of nitrogens with one attached hydrogen (secondary N) is 1. The number of carboxylic acids is 2. The monoisotopic (exact) mass is 314 g/mol. The topological polar surface area (TPSA) is 116 Å². The lowest BCUT2D eigenvalue weighted by atomic mass is 10.2. The number of carboxylic acid groups (broad SMARTS) is 2. The van der Waals surface area contributed by atoms with E-state index < -0.39 is 18.4 Å². The molecule has 23 heavy (non-hydrogen) atoms. The van der Waals surface area contributed by atoms with Crippen LogP contribution in [0.15, 0.2) is 60.8 Å². The van der Waals surface area contributed by atoms with Crippen LogP contribution >= 0.6 is 0 Å². The number of aromatic nitrogens is 2. The molecule has 0 fully saturated rings. The number of pyridine rings is 2. The highest BCUT2D eigenvalue weighted by Gasteiger charge is 2.19. The molecule has 0 aromatic carbocycles. The second kappa shape index (κ2) is 7.55. The summed E-state index contributed by atoms with van der Waals surface area (Å²) < 4.78 is 0. The summed E-state index contributed by atoms with van der Waals surface area (Å²) >= 11 is 0. The third-order valence-electron chi connectivity index (χ3n) is 2.77. The number of rotatable bonds is 7. The lowest BCUT2D eigenvalue weighted by Gasteiger charge is -2.26. The molecule has 0 saturated heterocycles. The Morgan fingerprint density at radius 1 is 1.04 bits per heavy atom. The minimum Gasteiger partial charge on any atom is -0.481 e. The van der Waals surface area contributed by atoms with Gasteiger partial charge in [0, 0.05) is 24.8 Å². The van der Waals surface area contributed by atoms with Crippen molar-refractivity contribution in [3.63, 3.8) is 0 Å². The Morgan fingerprint density at radius 3 is 2.13 bits per heavy atom. The zero-order valence-corrected chi connectivity index (χ0v) is 12.0. The largest absolute Gasteiger partial charge is 0.481 e. The van der Waals surface area contributed by atoms with Crippen LogP contribution in [0.2, 0.25) is 0 Å². The summed E-state index contributed by atoms with van der Waals surface area (Å²) in [6.45, 7) is 0. The fourth-order valence-electron chi connectivity index (χ4n) is 1.77. The summed E-state index contributed by atoms with van der Waals surface area (Å²) in [5, 5.41) is 19.5. The average Bonchev–Trinajstić information content (AvgIpc) is 2.55. The summed E-state index contributed by atoms with van der Waals surface area (Å²) in [7, 11) is 0. The van der Waals surface area contributed by atoms with Gasteiger partial charge in [-0.3, -0.25) is 20.2 Å². The van der Waals surface area contributed by atoms with Crippen LogP contribution in [0.25, 0.3) is 0 Å². The van der Waals surface area contributed by atoms with Crippen molar-refractivity contribution in [3.05, 3.63) is 60.8 Å². The number of hydrogen-bond donors (Lipinski definition) is 3. The van der Waals surface area contributed by atoms with Crippen molar-refractivity contribution in [1.29, 1.82) is 0 Å². The van der Waals surface area contributed by atoms with E-state index in [2.05, 4.69) is 15.4 Å². The Bertz CT molecular complexity index is 704. The predicted octanol–water partition coefficient (Wildman–Crippen LogP) is 1.75. The van der Waals surface area contributed by atoms with Crippen molar-refractivity contribution in [2.75, 3.05) is 10.4 Å². The van der Waals surface area contributed by atoms with E-state index in [-0.39, 0.29) is 5.70 Å². The van der Waals surface area contributed by atoms with Crippen LogP contribution < -0.4 is 10.4 Å². The normalized spacial score (nSPS) is 10.9. The molecule has 0 aliphatic rings. The van der Waals surface area contributed by atoms with E-state index in [1.807, 2.05) is 0 Å². The van der Waals surface area contributed by atoms with Gasteiger partial charge in [-0.15, -0.1) is 0 Å². The van der Waals surface area contributed by atoms with Gasteiger partial charge in [0.15, 0.2) is 0 Å². The molecule has 0 amide bonds. The average molecular weight is 314 g/mol. The van der Waals surface area contributed by atoms with Crippen molar-refractivity contribution < 1.29 is 19.8 Å².